The highest BCUT2D eigenvalue weighted by Gasteiger charge is 2.27. The second-order valence-corrected chi connectivity index (χ2v) is 6.07. The van der Waals surface area contributed by atoms with Crippen molar-refractivity contribution in [3.05, 3.63) is 52.6 Å². The monoisotopic (exact) mass is 269 g/mol. The molecule has 0 amide bonds. The molecule has 1 atom stereocenters. The summed E-state index contributed by atoms with van der Waals surface area (Å²) in [6.07, 6.45) is 3.02. The molecule has 0 aliphatic carbocycles. The van der Waals surface area contributed by atoms with Crippen LogP contribution < -0.4 is 5.32 Å². The molecule has 0 saturated heterocycles. The molecule has 0 radical (unpaired) electrons. The molecule has 1 unspecified atom stereocenters. The average Bonchev–Trinajstić information content (AvgIpc) is 2.85. The van der Waals surface area contributed by atoms with E-state index in [1.54, 1.807) is 0 Å². The Morgan fingerprint density at radius 1 is 1.30 bits per heavy atom. The molecule has 106 valence electrons. The Morgan fingerprint density at radius 2 is 2.10 bits per heavy atom. The number of hydrogen-bond donors (Lipinski definition) is 1. The minimum absolute atomic E-state index is 0.267. The van der Waals surface area contributed by atoms with Crippen LogP contribution in [0.25, 0.3) is 0 Å². The number of benzene rings is 1. The third kappa shape index (κ3) is 2.16. The van der Waals surface area contributed by atoms with Crippen molar-refractivity contribution < 1.29 is 0 Å². The third-order valence-electron chi connectivity index (χ3n) is 4.20. The minimum atomic E-state index is 0.267. The van der Waals surface area contributed by atoms with E-state index < -0.39 is 0 Å². The first-order valence-corrected chi connectivity index (χ1v) is 7.44. The quantitative estimate of drug-likeness (QED) is 0.906. The maximum absolute atomic E-state index is 4.63. The number of nitrogens with zero attached hydrogens (tertiary/aromatic N) is 2. The van der Waals surface area contributed by atoms with E-state index in [0.717, 1.165) is 13.0 Å². The largest absolute Gasteiger partial charge is 0.330 e. The van der Waals surface area contributed by atoms with Gasteiger partial charge in [0.05, 0.1) is 23.8 Å². The van der Waals surface area contributed by atoms with Gasteiger partial charge >= 0.3 is 0 Å². The molecule has 0 saturated carbocycles. The second kappa shape index (κ2) is 5.06. The SMILES string of the molecule is Cc1ccc(C)c(C2NCCc3ncn(C(C)C)c32)c1. The maximum atomic E-state index is 4.63. The van der Waals surface area contributed by atoms with Crippen LogP contribution in [-0.2, 0) is 6.42 Å². The molecular formula is C17H23N3. The first kappa shape index (κ1) is 13.4. The Hall–Kier alpha value is -1.61. The van der Waals surface area contributed by atoms with Crippen molar-refractivity contribution in [2.75, 3.05) is 6.54 Å². The fraction of sp³-hybridized carbons (Fsp3) is 0.471. The molecule has 2 heterocycles. The van der Waals surface area contributed by atoms with Gasteiger partial charge in [-0.25, -0.2) is 4.98 Å². The molecule has 0 fully saturated rings. The summed E-state index contributed by atoms with van der Waals surface area (Å²) in [5.74, 6) is 0. The third-order valence-corrected chi connectivity index (χ3v) is 4.20. The molecule has 3 rings (SSSR count). The highest BCUT2D eigenvalue weighted by Crippen LogP contribution is 2.32. The van der Waals surface area contributed by atoms with Crippen molar-refractivity contribution in [3.63, 3.8) is 0 Å². The first-order valence-electron chi connectivity index (χ1n) is 7.44. The molecule has 1 aliphatic rings. The molecule has 3 nitrogen and oxygen atoms in total. The lowest BCUT2D eigenvalue weighted by Crippen LogP contribution is -2.33. The van der Waals surface area contributed by atoms with E-state index in [0.29, 0.717) is 6.04 Å². The molecule has 1 aromatic carbocycles. The molecule has 0 spiro atoms. The normalized spacial score (nSPS) is 18.4. The van der Waals surface area contributed by atoms with Crippen LogP contribution >= 0.6 is 0 Å². The predicted molar refractivity (Wildman–Crippen MR) is 82.1 cm³/mol. The van der Waals surface area contributed by atoms with Gasteiger partial charge in [-0.3, -0.25) is 0 Å². The van der Waals surface area contributed by atoms with Crippen LogP contribution in [0.3, 0.4) is 0 Å². The summed E-state index contributed by atoms with van der Waals surface area (Å²) in [6, 6.07) is 7.42. The lowest BCUT2D eigenvalue weighted by atomic mass is 9.93. The first-order chi connectivity index (χ1) is 9.58. The average molecular weight is 269 g/mol. The number of hydrogen-bond acceptors (Lipinski definition) is 2. The van der Waals surface area contributed by atoms with Gasteiger partial charge in [-0.05, 0) is 38.8 Å². The van der Waals surface area contributed by atoms with Gasteiger partial charge in [-0.2, -0.15) is 0 Å². The summed E-state index contributed by atoms with van der Waals surface area (Å²) in [7, 11) is 0. The summed E-state index contributed by atoms with van der Waals surface area (Å²) >= 11 is 0. The molecule has 0 bridgehead atoms. The number of nitrogens with one attached hydrogen (secondary N) is 1. The van der Waals surface area contributed by atoms with Crippen LogP contribution in [0, 0.1) is 13.8 Å². The summed E-state index contributed by atoms with van der Waals surface area (Å²) < 4.78 is 2.31. The van der Waals surface area contributed by atoms with Crippen molar-refractivity contribution in [3.8, 4) is 0 Å². The molecule has 2 aromatic rings. The fourth-order valence-corrected chi connectivity index (χ4v) is 3.09. The van der Waals surface area contributed by atoms with Crippen LogP contribution in [0.15, 0.2) is 24.5 Å². The zero-order valence-electron chi connectivity index (χ0n) is 12.8. The minimum Gasteiger partial charge on any atom is -0.330 e. The summed E-state index contributed by atoms with van der Waals surface area (Å²) in [5.41, 5.74) is 6.64. The van der Waals surface area contributed by atoms with Crippen molar-refractivity contribution in [1.82, 2.24) is 14.9 Å². The van der Waals surface area contributed by atoms with Gasteiger partial charge in [0.25, 0.3) is 0 Å². The lowest BCUT2D eigenvalue weighted by molar-refractivity contribution is 0.490. The topological polar surface area (TPSA) is 29.9 Å². The molecule has 3 heteroatoms. The van der Waals surface area contributed by atoms with E-state index in [1.165, 1.54) is 28.1 Å². The van der Waals surface area contributed by atoms with Crippen LogP contribution in [0.1, 0.15) is 54.0 Å². The van der Waals surface area contributed by atoms with Gasteiger partial charge in [-0.1, -0.05) is 23.8 Å². The van der Waals surface area contributed by atoms with Gasteiger partial charge in [0.2, 0.25) is 0 Å². The van der Waals surface area contributed by atoms with E-state index in [4.69, 9.17) is 0 Å². The zero-order chi connectivity index (χ0) is 14.3. The van der Waals surface area contributed by atoms with Crippen LogP contribution in [0.4, 0.5) is 0 Å². The lowest BCUT2D eigenvalue weighted by Gasteiger charge is -2.28. The smallest absolute Gasteiger partial charge is 0.0954 e. The summed E-state index contributed by atoms with van der Waals surface area (Å²) in [4.78, 5) is 4.63. The van der Waals surface area contributed by atoms with Crippen LogP contribution in [-0.4, -0.2) is 16.1 Å². The van der Waals surface area contributed by atoms with Crippen molar-refractivity contribution in [2.24, 2.45) is 0 Å². The van der Waals surface area contributed by atoms with Crippen molar-refractivity contribution in [1.29, 1.82) is 0 Å². The highest BCUT2D eigenvalue weighted by molar-refractivity contribution is 5.40. The Labute approximate surface area is 121 Å². The number of rotatable bonds is 2. The van der Waals surface area contributed by atoms with Gasteiger partial charge in [0.1, 0.15) is 0 Å². The molecule has 1 N–H and O–H groups in total. The van der Waals surface area contributed by atoms with E-state index in [-0.39, 0.29) is 6.04 Å². The number of fused-ring (bicyclic) bond motifs is 1. The Balaban J connectivity index is 2.13. The highest BCUT2D eigenvalue weighted by atomic mass is 15.1. The van der Waals surface area contributed by atoms with Crippen molar-refractivity contribution >= 4 is 0 Å². The number of imidazole rings is 1. The summed E-state index contributed by atoms with van der Waals surface area (Å²) in [6.45, 7) is 9.79. The Kier molecular flexibility index (Phi) is 3.38. The molecule has 1 aliphatic heterocycles. The van der Waals surface area contributed by atoms with E-state index in [2.05, 4.69) is 60.8 Å². The van der Waals surface area contributed by atoms with Crippen LogP contribution in [0.5, 0.6) is 0 Å². The molecular weight excluding hydrogens is 246 g/mol. The van der Waals surface area contributed by atoms with E-state index in [9.17, 15) is 0 Å². The Morgan fingerprint density at radius 3 is 2.85 bits per heavy atom. The second-order valence-electron chi connectivity index (χ2n) is 6.07. The summed E-state index contributed by atoms with van der Waals surface area (Å²) in [5, 5.41) is 3.68. The van der Waals surface area contributed by atoms with Crippen LogP contribution in [0.2, 0.25) is 0 Å². The Bertz CT molecular complexity index is 625. The van der Waals surface area contributed by atoms with Gasteiger partial charge in [0.15, 0.2) is 0 Å². The van der Waals surface area contributed by atoms with Gasteiger partial charge in [0, 0.05) is 19.0 Å². The number of aromatic nitrogens is 2. The molecule has 20 heavy (non-hydrogen) atoms. The fourth-order valence-electron chi connectivity index (χ4n) is 3.09. The van der Waals surface area contributed by atoms with E-state index in [1.807, 2.05) is 6.33 Å². The standard InChI is InChI=1S/C17H23N3/c1-11(2)20-10-19-15-7-8-18-16(17(15)20)14-9-12(3)5-6-13(14)4/h5-6,9-11,16,18H,7-8H2,1-4H3. The number of aryl methyl sites for hydroxylation is 2. The maximum Gasteiger partial charge on any atom is 0.0954 e. The molecule has 1 aromatic heterocycles. The van der Waals surface area contributed by atoms with Crippen molar-refractivity contribution in [2.45, 2.75) is 46.2 Å². The van der Waals surface area contributed by atoms with Gasteiger partial charge < -0.3 is 9.88 Å². The van der Waals surface area contributed by atoms with E-state index >= 15 is 0 Å². The zero-order valence-corrected chi connectivity index (χ0v) is 12.8. The predicted octanol–water partition coefficient (Wildman–Crippen LogP) is 3.32. The van der Waals surface area contributed by atoms with Gasteiger partial charge in [-0.15, -0.1) is 0 Å².